The predicted molar refractivity (Wildman–Crippen MR) is 122 cm³/mol. The molecule has 3 aromatic carbocycles. The number of rotatable bonds is 9. The molecule has 0 bridgehead atoms. The van der Waals surface area contributed by atoms with Crippen LogP contribution in [-0.4, -0.2) is 18.0 Å². The molecule has 0 aromatic heterocycles. The number of benzene rings is 3. The van der Waals surface area contributed by atoms with E-state index in [1.807, 2.05) is 12.1 Å². The smallest absolute Gasteiger partial charge is 0.240 e. The van der Waals surface area contributed by atoms with Crippen molar-refractivity contribution in [2.75, 3.05) is 5.32 Å². The fourth-order valence-electron chi connectivity index (χ4n) is 2.84. The summed E-state index contributed by atoms with van der Waals surface area (Å²) in [5.41, 5.74) is 4.78. The first kappa shape index (κ1) is 23.2. The number of hydrogen-bond donors (Lipinski definition) is 2. The molecule has 0 aliphatic carbocycles. The third-order valence-corrected chi connectivity index (χ3v) is 4.54. The Morgan fingerprint density at radius 1 is 0.970 bits per heavy atom. The molecule has 0 saturated carbocycles. The van der Waals surface area contributed by atoms with Gasteiger partial charge in [0.2, 0.25) is 11.8 Å². The fourth-order valence-corrected chi connectivity index (χ4v) is 2.84. The Morgan fingerprint density at radius 2 is 1.67 bits per heavy atom. The quantitative estimate of drug-likeness (QED) is 0.382. The van der Waals surface area contributed by atoms with Crippen molar-refractivity contribution in [3.05, 3.63) is 95.3 Å². The number of hydrogen-bond acceptors (Lipinski definition) is 5. The number of ether oxygens (including phenoxy) is 1. The van der Waals surface area contributed by atoms with Gasteiger partial charge in [0.25, 0.3) is 0 Å². The van der Waals surface area contributed by atoms with Crippen molar-refractivity contribution in [3.8, 4) is 11.8 Å². The van der Waals surface area contributed by atoms with Gasteiger partial charge in [-0.1, -0.05) is 30.3 Å². The Balaban J connectivity index is 1.48. The normalized spacial score (nSPS) is 10.4. The van der Waals surface area contributed by atoms with Gasteiger partial charge in [0.05, 0.1) is 17.8 Å². The van der Waals surface area contributed by atoms with Crippen molar-refractivity contribution in [1.82, 2.24) is 5.43 Å². The maximum absolute atomic E-state index is 12.9. The number of halogens is 1. The van der Waals surface area contributed by atoms with Crippen LogP contribution in [0.1, 0.15) is 29.5 Å². The lowest BCUT2D eigenvalue weighted by molar-refractivity contribution is -0.124. The predicted octanol–water partition coefficient (Wildman–Crippen LogP) is 4.15. The topological polar surface area (TPSA) is 104 Å². The van der Waals surface area contributed by atoms with Crippen LogP contribution in [0.3, 0.4) is 0 Å². The van der Waals surface area contributed by atoms with E-state index in [9.17, 15) is 19.2 Å². The van der Waals surface area contributed by atoms with Crippen molar-refractivity contribution < 1.29 is 18.7 Å². The first-order chi connectivity index (χ1) is 16.0. The Bertz CT molecular complexity index is 1190. The van der Waals surface area contributed by atoms with E-state index in [4.69, 9.17) is 4.74 Å². The third kappa shape index (κ3) is 7.29. The van der Waals surface area contributed by atoms with Crippen molar-refractivity contribution in [1.29, 1.82) is 5.26 Å². The average molecular weight is 444 g/mol. The number of carbonyl (C=O) groups is 2. The van der Waals surface area contributed by atoms with Crippen LogP contribution >= 0.6 is 0 Å². The number of anilines is 1. The Kier molecular flexibility index (Phi) is 8.26. The number of carbonyl (C=O) groups excluding carboxylic acids is 2. The van der Waals surface area contributed by atoms with Gasteiger partial charge in [-0.15, -0.1) is 0 Å². The zero-order valence-corrected chi connectivity index (χ0v) is 17.6. The summed E-state index contributed by atoms with van der Waals surface area (Å²) in [7, 11) is 0. The minimum atomic E-state index is -0.429. The molecule has 7 nitrogen and oxygen atoms in total. The second-order valence-corrected chi connectivity index (χ2v) is 6.94. The minimum absolute atomic E-state index is 0.0449. The molecule has 0 heterocycles. The lowest BCUT2D eigenvalue weighted by Crippen LogP contribution is -2.20. The van der Waals surface area contributed by atoms with Gasteiger partial charge >= 0.3 is 0 Å². The van der Waals surface area contributed by atoms with E-state index < -0.39 is 11.7 Å². The van der Waals surface area contributed by atoms with E-state index in [1.54, 1.807) is 36.4 Å². The van der Waals surface area contributed by atoms with Crippen molar-refractivity contribution in [3.63, 3.8) is 0 Å². The molecule has 0 atom stereocenters. The van der Waals surface area contributed by atoms with Crippen molar-refractivity contribution in [2.24, 2.45) is 5.10 Å². The number of para-hydroxylation sites is 1. The monoisotopic (exact) mass is 444 g/mol. The van der Waals surface area contributed by atoms with E-state index in [1.165, 1.54) is 30.5 Å². The molecule has 3 aromatic rings. The Morgan fingerprint density at radius 3 is 2.45 bits per heavy atom. The maximum Gasteiger partial charge on any atom is 0.240 e. The Labute approximate surface area is 190 Å². The van der Waals surface area contributed by atoms with Crippen molar-refractivity contribution >= 4 is 23.7 Å². The van der Waals surface area contributed by atoms with Crippen LogP contribution in [0.25, 0.3) is 0 Å². The molecule has 2 N–H and O–H groups in total. The van der Waals surface area contributed by atoms with E-state index in [-0.39, 0.29) is 25.4 Å². The largest absolute Gasteiger partial charge is 0.488 e. The van der Waals surface area contributed by atoms with Crippen LogP contribution in [0.5, 0.6) is 5.75 Å². The van der Waals surface area contributed by atoms with Gasteiger partial charge in [-0.2, -0.15) is 10.4 Å². The van der Waals surface area contributed by atoms with Gasteiger partial charge in [-0.05, 0) is 42.5 Å². The molecule has 0 saturated heterocycles. The van der Waals surface area contributed by atoms with Gasteiger partial charge in [0, 0.05) is 29.7 Å². The Hall–Kier alpha value is -4.51. The number of amides is 2. The molecule has 3 rings (SSSR count). The summed E-state index contributed by atoms with van der Waals surface area (Å²) in [5.74, 6) is -0.648. The third-order valence-electron chi connectivity index (χ3n) is 4.54. The summed E-state index contributed by atoms with van der Waals surface area (Å²) < 4.78 is 18.7. The molecule has 0 aliphatic heterocycles. The summed E-state index contributed by atoms with van der Waals surface area (Å²) in [6, 6.07) is 21.8. The van der Waals surface area contributed by atoms with E-state index in [0.717, 1.165) is 5.56 Å². The van der Waals surface area contributed by atoms with E-state index in [2.05, 4.69) is 21.9 Å². The molecular weight excluding hydrogens is 423 g/mol. The van der Waals surface area contributed by atoms with Gasteiger partial charge in [-0.25, -0.2) is 9.82 Å². The standard InChI is InChI=1S/C25H21FN4O3/c26-21-9-11-22(12-10-21)29-24(31)13-14-25(32)30-28-16-19-6-3-4-8-23(19)33-17-20-7-2-1-5-18(20)15-27/h1-12,16H,13-14,17H2,(H,29,31)(H,30,32). The summed E-state index contributed by atoms with van der Waals surface area (Å²) in [5, 5.41) is 15.7. The fraction of sp³-hybridized carbons (Fsp3) is 0.120. The summed E-state index contributed by atoms with van der Waals surface area (Å²) in [6.07, 6.45) is 1.34. The lowest BCUT2D eigenvalue weighted by atomic mass is 10.1. The molecule has 0 radical (unpaired) electrons. The molecule has 0 aliphatic rings. The van der Waals surface area contributed by atoms with Crippen LogP contribution in [0.4, 0.5) is 10.1 Å². The molecule has 8 heteroatoms. The highest BCUT2D eigenvalue weighted by Crippen LogP contribution is 2.18. The highest BCUT2D eigenvalue weighted by atomic mass is 19.1. The maximum atomic E-state index is 12.9. The highest BCUT2D eigenvalue weighted by Gasteiger charge is 2.08. The second kappa shape index (κ2) is 11.8. The van der Waals surface area contributed by atoms with E-state index >= 15 is 0 Å². The molecule has 166 valence electrons. The molecule has 0 fully saturated rings. The average Bonchev–Trinajstić information content (AvgIpc) is 2.84. The molecule has 33 heavy (non-hydrogen) atoms. The number of nitriles is 1. The van der Waals surface area contributed by atoms with Crippen LogP contribution in [-0.2, 0) is 16.2 Å². The summed E-state index contributed by atoms with van der Waals surface area (Å²) >= 11 is 0. The number of nitrogens with one attached hydrogen (secondary N) is 2. The molecule has 0 spiro atoms. The first-order valence-electron chi connectivity index (χ1n) is 10.1. The second-order valence-electron chi connectivity index (χ2n) is 6.94. The summed E-state index contributed by atoms with van der Waals surface area (Å²) in [6.45, 7) is 0.212. The molecular formula is C25H21FN4O3. The highest BCUT2D eigenvalue weighted by molar-refractivity contribution is 5.93. The molecule has 0 unspecified atom stereocenters. The zero-order valence-electron chi connectivity index (χ0n) is 17.6. The first-order valence-corrected chi connectivity index (χ1v) is 10.1. The van der Waals surface area contributed by atoms with Crippen LogP contribution in [0.2, 0.25) is 0 Å². The lowest BCUT2D eigenvalue weighted by Gasteiger charge is -2.10. The SMILES string of the molecule is N#Cc1ccccc1COc1ccccc1C=NNC(=O)CCC(=O)Nc1ccc(F)cc1. The summed E-state index contributed by atoms with van der Waals surface area (Å²) in [4.78, 5) is 23.9. The van der Waals surface area contributed by atoms with Gasteiger partial charge in [0.1, 0.15) is 18.2 Å². The van der Waals surface area contributed by atoms with Crippen LogP contribution in [0.15, 0.2) is 77.9 Å². The van der Waals surface area contributed by atoms with E-state index in [0.29, 0.717) is 22.6 Å². The number of nitrogens with zero attached hydrogens (tertiary/aromatic N) is 2. The minimum Gasteiger partial charge on any atom is -0.488 e. The number of hydrazone groups is 1. The van der Waals surface area contributed by atoms with Crippen LogP contribution in [0, 0.1) is 17.1 Å². The zero-order chi connectivity index (χ0) is 23.5. The van der Waals surface area contributed by atoms with Gasteiger partial charge < -0.3 is 10.1 Å². The van der Waals surface area contributed by atoms with Crippen molar-refractivity contribution in [2.45, 2.75) is 19.4 Å². The van der Waals surface area contributed by atoms with Gasteiger partial charge in [0.15, 0.2) is 0 Å². The van der Waals surface area contributed by atoms with Gasteiger partial charge in [-0.3, -0.25) is 9.59 Å². The van der Waals surface area contributed by atoms with Crippen LogP contribution < -0.4 is 15.5 Å². The molecule has 2 amide bonds.